The van der Waals surface area contributed by atoms with Crippen molar-refractivity contribution >= 4 is 32.7 Å². The number of hydrogen-bond donors (Lipinski definition) is 1. The predicted molar refractivity (Wildman–Crippen MR) is 72.2 cm³/mol. The maximum absolute atomic E-state index is 12.3. The Morgan fingerprint density at radius 2 is 2.18 bits per heavy atom. The largest absolute Gasteiger partial charge is 0.345 e. The molecule has 90 valence electrons. The van der Waals surface area contributed by atoms with Gasteiger partial charge in [0.1, 0.15) is 5.65 Å². The summed E-state index contributed by atoms with van der Waals surface area (Å²) in [5.74, 6) is 0.314. The van der Waals surface area contributed by atoms with Crippen molar-refractivity contribution in [2.24, 2.45) is 5.92 Å². The first-order chi connectivity index (χ1) is 8.17. The topological polar surface area (TPSA) is 45.8 Å². The van der Waals surface area contributed by atoms with Crippen LogP contribution in [0.5, 0.6) is 0 Å². The van der Waals surface area contributed by atoms with E-state index in [4.69, 9.17) is 0 Å². The molecule has 2 aromatic heterocycles. The van der Waals surface area contributed by atoms with Crippen molar-refractivity contribution in [3.63, 3.8) is 0 Å². The minimum Gasteiger partial charge on any atom is -0.345 e. The predicted octanol–water partition coefficient (Wildman–Crippen LogP) is 3.94. The molecule has 0 bridgehead atoms. The number of H-pyrrole nitrogens is 1. The van der Waals surface area contributed by atoms with E-state index in [0.29, 0.717) is 0 Å². The van der Waals surface area contributed by atoms with Crippen LogP contribution in [0.3, 0.4) is 0 Å². The van der Waals surface area contributed by atoms with Crippen LogP contribution in [0, 0.1) is 5.92 Å². The zero-order valence-corrected chi connectivity index (χ0v) is 11.5. The molecule has 0 aliphatic rings. The van der Waals surface area contributed by atoms with E-state index in [2.05, 4.69) is 39.7 Å². The Labute approximate surface area is 109 Å². The van der Waals surface area contributed by atoms with Gasteiger partial charge >= 0.3 is 0 Å². The number of carbonyl (C=O) groups excluding carboxylic acids is 1. The fourth-order valence-electron chi connectivity index (χ4n) is 2.06. The quantitative estimate of drug-likeness (QED) is 0.868. The van der Waals surface area contributed by atoms with Crippen LogP contribution in [0.15, 0.2) is 22.9 Å². The van der Waals surface area contributed by atoms with Gasteiger partial charge in [-0.2, -0.15) is 0 Å². The monoisotopic (exact) mass is 294 g/mol. The number of nitrogens with one attached hydrogen (secondary N) is 1. The molecule has 0 radical (unpaired) electrons. The molecule has 0 saturated carbocycles. The molecular weight excluding hydrogens is 280 g/mol. The van der Waals surface area contributed by atoms with Crippen LogP contribution >= 0.6 is 15.9 Å². The number of pyridine rings is 1. The van der Waals surface area contributed by atoms with Gasteiger partial charge in [-0.15, -0.1) is 0 Å². The lowest BCUT2D eigenvalue weighted by Gasteiger charge is -2.09. The maximum Gasteiger partial charge on any atom is 0.168 e. The molecule has 2 aromatic rings. The highest BCUT2D eigenvalue weighted by Gasteiger charge is 2.20. The van der Waals surface area contributed by atoms with E-state index in [-0.39, 0.29) is 11.7 Å². The first kappa shape index (κ1) is 12.3. The number of aromatic amines is 1. The molecule has 0 amide bonds. The SMILES string of the molecule is CCC(CC)C(=O)c1c[nH]c2ncc(Br)cc12. The summed E-state index contributed by atoms with van der Waals surface area (Å²) in [5.41, 5.74) is 1.52. The number of halogens is 1. The molecule has 3 nitrogen and oxygen atoms in total. The highest BCUT2D eigenvalue weighted by molar-refractivity contribution is 9.10. The number of Topliss-reactive ketones (excluding diaryl/α,β-unsaturated/α-hetero) is 1. The number of hydrogen-bond acceptors (Lipinski definition) is 2. The lowest BCUT2D eigenvalue weighted by Crippen LogP contribution is -2.12. The van der Waals surface area contributed by atoms with Gasteiger partial charge < -0.3 is 4.98 Å². The van der Waals surface area contributed by atoms with Crippen LogP contribution in [0.25, 0.3) is 11.0 Å². The van der Waals surface area contributed by atoms with Crippen molar-refractivity contribution in [1.29, 1.82) is 0 Å². The summed E-state index contributed by atoms with van der Waals surface area (Å²) in [7, 11) is 0. The van der Waals surface area contributed by atoms with E-state index < -0.39 is 0 Å². The average molecular weight is 295 g/mol. The van der Waals surface area contributed by atoms with Gasteiger partial charge in [0.15, 0.2) is 5.78 Å². The summed E-state index contributed by atoms with van der Waals surface area (Å²) in [6.45, 7) is 4.10. The van der Waals surface area contributed by atoms with Gasteiger partial charge in [0.2, 0.25) is 0 Å². The Morgan fingerprint density at radius 1 is 1.47 bits per heavy atom. The Kier molecular flexibility index (Phi) is 3.62. The van der Waals surface area contributed by atoms with Gasteiger partial charge in [-0.05, 0) is 34.8 Å². The van der Waals surface area contributed by atoms with Gasteiger partial charge in [-0.1, -0.05) is 13.8 Å². The third kappa shape index (κ3) is 2.27. The fourth-order valence-corrected chi connectivity index (χ4v) is 2.39. The number of nitrogens with zero attached hydrogens (tertiary/aromatic N) is 1. The molecule has 0 spiro atoms. The summed E-state index contributed by atoms with van der Waals surface area (Å²) in [5, 5.41) is 0.899. The molecule has 0 aliphatic heterocycles. The van der Waals surface area contributed by atoms with Crippen LogP contribution in [-0.4, -0.2) is 15.8 Å². The highest BCUT2D eigenvalue weighted by atomic mass is 79.9. The second-order valence-corrected chi connectivity index (χ2v) is 5.05. The van der Waals surface area contributed by atoms with Crippen LogP contribution in [0.2, 0.25) is 0 Å². The van der Waals surface area contributed by atoms with Gasteiger partial charge in [0.05, 0.1) is 0 Å². The molecule has 0 atom stereocenters. The fraction of sp³-hybridized carbons (Fsp3) is 0.385. The Bertz CT molecular complexity index is 543. The van der Waals surface area contributed by atoms with Crippen LogP contribution in [0.4, 0.5) is 0 Å². The molecular formula is C13H15BrN2O. The third-order valence-corrected chi connectivity index (χ3v) is 3.55. The summed E-state index contributed by atoms with van der Waals surface area (Å²) in [4.78, 5) is 19.6. The van der Waals surface area contributed by atoms with Crippen molar-refractivity contribution in [3.8, 4) is 0 Å². The summed E-state index contributed by atoms with van der Waals surface area (Å²) in [6, 6.07) is 1.94. The Morgan fingerprint density at radius 3 is 2.82 bits per heavy atom. The molecule has 0 unspecified atom stereocenters. The lowest BCUT2D eigenvalue weighted by atomic mass is 9.93. The van der Waals surface area contributed by atoms with Crippen LogP contribution in [0.1, 0.15) is 37.0 Å². The molecule has 0 fully saturated rings. The van der Waals surface area contributed by atoms with E-state index in [9.17, 15) is 4.79 Å². The van der Waals surface area contributed by atoms with Crippen LogP contribution < -0.4 is 0 Å². The molecule has 0 aromatic carbocycles. The average Bonchev–Trinajstić information content (AvgIpc) is 2.73. The van der Waals surface area contributed by atoms with E-state index in [1.807, 2.05) is 6.07 Å². The number of aromatic nitrogens is 2. The molecule has 4 heteroatoms. The molecule has 2 rings (SSSR count). The second-order valence-electron chi connectivity index (χ2n) is 4.13. The molecule has 17 heavy (non-hydrogen) atoms. The van der Waals surface area contributed by atoms with Gasteiger partial charge in [-0.3, -0.25) is 4.79 Å². The van der Waals surface area contributed by atoms with Gasteiger partial charge in [-0.25, -0.2) is 4.98 Å². The van der Waals surface area contributed by atoms with Crippen molar-refractivity contribution in [2.45, 2.75) is 26.7 Å². The summed E-state index contributed by atoms with van der Waals surface area (Å²) in [6.07, 6.45) is 5.25. The first-order valence-corrected chi connectivity index (χ1v) is 6.63. The van der Waals surface area contributed by atoms with Crippen molar-refractivity contribution in [3.05, 3.63) is 28.5 Å². The molecule has 0 aliphatic carbocycles. The summed E-state index contributed by atoms with van der Waals surface area (Å²) >= 11 is 3.38. The smallest absolute Gasteiger partial charge is 0.168 e. The Hall–Kier alpha value is -1.16. The molecule has 1 N–H and O–H groups in total. The van der Waals surface area contributed by atoms with Crippen molar-refractivity contribution < 1.29 is 4.79 Å². The van der Waals surface area contributed by atoms with E-state index in [0.717, 1.165) is 33.9 Å². The maximum atomic E-state index is 12.3. The number of fused-ring (bicyclic) bond motifs is 1. The number of rotatable bonds is 4. The van der Waals surface area contributed by atoms with Gasteiger partial charge in [0, 0.05) is 33.7 Å². The molecule has 2 heterocycles. The highest BCUT2D eigenvalue weighted by Crippen LogP contribution is 2.24. The summed E-state index contributed by atoms with van der Waals surface area (Å²) < 4.78 is 0.892. The van der Waals surface area contributed by atoms with Crippen molar-refractivity contribution in [1.82, 2.24) is 9.97 Å². The zero-order chi connectivity index (χ0) is 12.4. The number of carbonyl (C=O) groups is 1. The normalized spacial score (nSPS) is 11.3. The standard InChI is InChI=1S/C13H15BrN2O/c1-3-8(4-2)12(17)11-7-16-13-10(11)5-9(14)6-15-13/h5-8H,3-4H2,1-2H3,(H,15,16). The van der Waals surface area contributed by atoms with Crippen molar-refractivity contribution in [2.75, 3.05) is 0 Å². The third-order valence-electron chi connectivity index (χ3n) is 3.12. The van der Waals surface area contributed by atoms with E-state index in [1.54, 1.807) is 12.4 Å². The minimum atomic E-state index is 0.105. The number of ketones is 1. The first-order valence-electron chi connectivity index (χ1n) is 5.84. The second kappa shape index (κ2) is 5.00. The van der Waals surface area contributed by atoms with Crippen LogP contribution in [-0.2, 0) is 0 Å². The Balaban J connectivity index is 2.48. The van der Waals surface area contributed by atoms with E-state index >= 15 is 0 Å². The zero-order valence-electron chi connectivity index (χ0n) is 9.96. The molecule has 0 saturated heterocycles. The lowest BCUT2D eigenvalue weighted by molar-refractivity contribution is 0.0915. The minimum absolute atomic E-state index is 0.105. The van der Waals surface area contributed by atoms with E-state index in [1.165, 1.54) is 0 Å². The van der Waals surface area contributed by atoms with Gasteiger partial charge in [0.25, 0.3) is 0 Å².